The maximum Gasteiger partial charge on any atom is 0.272 e. The highest BCUT2D eigenvalue weighted by molar-refractivity contribution is 5.92. The van der Waals surface area contributed by atoms with Crippen LogP contribution in [-0.2, 0) is 13.0 Å². The number of aryl methyl sites for hydroxylation is 2. The van der Waals surface area contributed by atoms with Crippen LogP contribution in [0.5, 0.6) is 5.88 Å². The first-order chi connectivity index (χ1) is 10.2. The molecule has 1 amide bonds. The molecule has 0 unspecified atom stereocenters. The van der Waals surface area contributed by atoms with E-state index in [1.807, 2.05) is 13.1 Å². The molecule has 1 atom stereocenters. The number of nitrogens with one attached hydrogen (secondary N) is 1. The summed E-state index contributed by atoms with van der Waals surface area (Å²) in [6.45, 7) is 2.72. The van der Waals surface area contributed by atoms with Crippen LogP contribution in [-0.4, -0.2) is 38.8 Å². The molecule has 2 aromatic heterocycles. The van der Waals surface area contributed by atoms with Crippen LogP contribution in [0.2, 0.25) is 0 Å². The predicted molar refractivity (Wildman–Crippen MR) is 75.1 cm³/mol. The average Bonchev–Trinajstić information content (AvgIpc) is 2.86. The van der Waals surface area contributed by atoms with Crippen LogP contribution in [0.25, 0.3) is 0 Å². The van der Waals surface area contributed by atoms with E-state index in [4.69, 9.17) is 4.74 Å². The van der Waals surface area contributed by atoms with Crippen molar-refractivity contribution in [2.24, 2.45) is 0 Å². The van der Waals surface area contributed by atoms with E-state index in [1.54, 1.807) is 12.1 Å². The number of hydrogen-bond donors (Lipinski definition) is 1. The Hall–Kier alpha value is -2.44. The third-order valence-electron chi connectivity index (χ3n) is 3.53. The summed E-state index contributed by atoms with van der Waals surface area (Å²) in [5.41, 5.74) is 1.31. The molecular weight excluding hydrogens is 270 g/mol. The van der Waals surface area contributed by atoms with Crippen molar-refractivity contribution in [2.75, 3.05) is 7.11 Å². The first kappa shape index (κ1) is 13.5. The summed E-state index contributed by atoms with van der Waals surface area (Å²) in [6, 6.07) is 3.32. The van der Waals surface area contributed by atoms with Crippen molar-refractivity contribution in [3.8, 4) is 5.88 Å². The second-order valence-corrected chi connectivity index (χ2v) is 5.12. The number of rotatable bonds is 3. The zero-order valence-corrected chi connectivity index (χ0v) is 12.0. The lowest BCUT2D eigenvalue weighted by atomic mass is 10.1. The van der Waals surface area contributed by atoms with Crippen LogP contribution in [0.3, 0.4) is 0 Å². The number of nitrogens with zero attached hydrogens (tertiary/aromatic N) is 4. The molecule has 2 aromatic rings. The van der Waals surface area contributed by atoms with Crippen molar-refractivity contribution < 1.29 is 9.53 Å². The fourth-order valence-corrected chi connectivity index (χ4v) is 2.51. The second-order valence-electron chi connectivity index (χ2n) is 5.12. The molecule has 0 saturated heterocycles. The number of carbonyl (C=O) groups excluding carboxylic acids is 1. The van der Waals surface area contributed by atoms with Gasteiger partial charge in [0.1, 0.15) is 5.82 Å². The van der Waals surface area contributed by atoms with E-state index in [9.17, 15) is 4.79 Å². The van der Waals surface area contributed by atoms with E-state index in [1.165, 1.54) is 7.11 Å². The lowest BCUT2D eigenvalue weighted by Crippen LogP contribution is -2.41. The number of methoxy groups -OCH3 is 1. The van der Waals surface area contributed by atoms with E-state index >= 15 is 0 Å². The van der Waals surface area contributed by atoms with Crippen molar-refractivity contribution in [2.45, 2.75) is 32.4 Å². The topological polar surface area (TPSA) is 81.9 Å². The van der Waals surface area contributed by atoms with Gasteiger partial charge in [0.25, 0.3) is 5.91 Å². The van der Waals surface area contributed by atoms with E-state index in [2.05, 4.69) is 25.1 Å². The highest BCUT2D eigenvalue weighted by Crippen LogP contribution is 2.15. The maximum absolute atomic E-state index is 12.2. The summed E-state index contributed by atoms with van der Waals surface area (Å²) < 4.78 is 7.03. The molecule has 1 N–H and O–H groups in total. The van der Waals surface area contributed by atoms with Crippen molar-refractivity contribution in [3.05, 3.63) is 35.5 Å². The molecule has 110 valence electrons. The Kier molecular flexibility index (Phi) is 3.55. The lowest BCUT2D eigenvalue weighted by molar-refractivity contribution is 0.0921. The largest absolute Gasteiger partial charge is 0.480 e. The van der Waals surface area contributed by atoms with E-state index in [0.717, 1.165) is 30.9 Å². The second kappa shape index (κ2) is 5.51. The molecular formula is C14H17N5O2. The highest BCUT2D eigenvalue weighted by Gasteiger charge is 2.22. The van der Waals surface area contributed by atoms with Crippen LogP contribution in [0, 0.1) is 6.92 Å². The maximum atomic E-state index is 12.2. The molecule has 0 aliphatic carbocycles. The van der Waals surface area contributed by atoms with Gasteiger partial charge in [-0.3, -0.25) is 4.79 Å². The number of ether oxygens (including phenoxy) is 1. The summed E-state index contributed by atoms with van der Waals surface area (Å²) in [5.74, 6) is 1.26. The van der Waals surface area contributed by atoms with Gasteiger partial charge in [0.15, 0.2) is 5.69 Å². The summed E-state index contributed by atoms with van der Waals surface area (Å²) in [5, 5.41) is 10.7. The monoisotopic (exact) mass is 287 g/mol. The Morgan fingerprint density at radius 2 is 2.29 bits per heavy atom. The molecule has 0 aromatic carbocycles. The third-order valence-corrected chi connectivity index (χ3v) is 3.53. The molecule has 3 heterocycles. The molecule has 0 spiro atoms. The van der Waals surface area contributed by atoms with Gasteiger partial charge in [-0.2, -0.15) is 0 Å². The Bertz CT molecular complexity index is 650. The standard InChI is InChI=1S/C14H17N5O2/c1-9-7-19-8-10(3-5-12(19)15-9)16-14(20)11-4-6-13(21-2)18-17-11/h4,6-7,10H,3,5,8H2,1-2H3,(H,16,20)/t10-/m0/s1. The molecule has 0 fully saturated rings. The number of hydrogen-bond acceptors (Lipinski definition) is 5. The number of fused-ring (bicyclic) bond motifs is 1. The number of amides is 1. The summed E-state index contributed by atoms with van der Waals surface area (Å²) in [4.78, 5) is 16.6. The highest BCUT2D eigenvalue weighted by atomic mass is 16.5. The smallest absolute Gasteiger partial charge is 0.272 e. The minimum Gasteiger partial charge on any atom is -0.480 e. The fraction of sp³-hybridized carbons (Fsp3) is 0.429. The van der Waals surface area contributed by atoms with Crippen LogP contribution >= 0.6 is 0 Å². The zero-order valence-electron chi connectivity index (χ0n) is 12.0. The number of imidazole rings is 1. The molecule has 0 radical (unpaired) electrons. The zero-order chi connectivity index (χ0) is 14.8. The van der Waals surface area contributed by atoms with Crippen LogP contribution in [0.15, 0.2) is 18.3 Å². The minimum absolute atomic E-state index is 0.0856. The quantitative estimate of drug-likeness (QED) is 0.900. The Labute approximate surface area is 122 Å². The number of carbonyl (C=O) groups is 1. The van der Waals surface area contributed by atoms with Gasteiger partial charge in [0, 0.05) is 31.3 Å². The van der Waals surface area contributed by atoms with Gasteiger partial charge in [-0.05, 0) is 19.4 Å². The molecule has 7 heteroatoms. The van der Waals surface area contributed by atoms with Crippen molar-refractivity contribution in [3.63, 3.8) is 0 Å². The Morgan fingerprint density at radius 1 is 1.43 bits per heavy atom. The predicted octanol–water partition coefficient (Wildman–Crippen LogP) is 0.735. The molecule has 0 bridgehead atoms. The molecule has 7 nitrogen and oxygen atoms in total. The fourth-order valence-electron chi connectivity index (χ4n) is 2.51. The molecule has 0 saturated carbocycles. The van der Waals surface area contributed by atoms with E-state index < -0.39 is 0 Å². The Morgan fingerprint density at radius 3 is 3.00 bits per heavy atom. The van der Waals surface area contributed by atoms with Gasteiger partial charge in [-0.1, -0.05) is 0 Å². The van der Waals surface area contributed by atoms with Gasteiger partial charge >= 0.3 is 0 Å². The average molecular weight is 287 g/mol. The molecule has 1 aliphatic rings. The SMILES string of the molecule is COc1ccc(C(=O)N[C@H]2CCc3nc(C)cn3C2)nn1. The Balaban J connectivity index is 1.65. The first-order valence-electron chi connectivity index (χ1n) is 6.87. The van der Waals surface area contributed by atoms with Gasteiger partial charge in [-0.15, -0.1) is 10.2 Å². The van der Waals surface area contributed by atoms with Crippen LogP contribution in [0.1, 0.15) is 28.4 Å². The van der Waals surface area contributed by atoms with Gasteiger partial charge < -0.3 is 14.6 Å². The van der Waals surface area contributed by atoms with Gasteiger partial charge in [0.05, 0.1) is 12.8 Å². The normalized spacial score (nSPS) is 17.1. The lowest BCUT2D eigenvalue weighted by Gasteiger charge is -2.24. The van der Waals surface area contributed by atoms with E-state index in [0.29, 0.717) is 11.6 Å². The summed E-state index contributed by atoms with van der Waals surface area (Å²) in [6.07, 6.45) is 3.76. The molecule has 21 heavy (non-hydrogen) atoms. The molecule has 1 aliphatic heterocycles. The van der Waals surface area contributed by atoms with Crippen LogP contribution in [0.4, 0.5) is 0 Å². The van der Waals surface area contributed by atoms with Crippen molar-refractivity contribution in [1.29, 1.82) is 0 Å². The molecule has 3 rings (SSSR count). The van der Waals surface area contributed by atoms with Crippen molar-refractivity contribution in [1.82, 2.24) is 25.1 Å². The van der Waals surface area contributed by atoms with Crippen LogP contribution < -0.4 is 10.1 Å². The summed E-state index contributed by atoms with van der Waals surface area (Å²) >= 11 is 0. The van der Waals surface area contributed by atoms with Gasteiger partial charge in [0.2, 0.25) is 5.88 Å². The summed E-state index contributed by atoms with van der Waals surface area (Å²) in [7, 11) is 1.51. The third kappa shape index (κ3) is 2.86. The minimum atomic E-state index is -0.213. The van der Waals surface area contributed by atoms with E-state index in [-0.39, 0.29) is 11.9 Å². The number of aromatic nitrogens is 4. The first-order valence-corrected chi connectivity index (χ1v) is 6.87. The van der Waals surface area contributed by atoms with Gasteiger partial charge in [-0.25, -0.2) is 4.98 Å². The van der Waals surface area contributed by atoms with Crippen molar-refractivity contribution >= 4 is 5.91 Å².